The van der Waals surface area contributed by atoms with Gasteiger partial charge in [0.15, 0.2) is 0 Å². The Morgan fingerprint density at radius 2 is 2.17 bits per heavy atom. The number of rotatable bonds is 5. The summed E-state index contributed by atoms with van der Waals surface area (Å²) in [6, 6.07) is 7.38. The van der Waals surface area contributed by atoms with Gasteiger partial charge in [0.1, 0.15) is 0 Å². The molecule has 2 fully saturated rings. The van der Waals surface area contributed by atoms with Crippen LogP contribution in [0.25, 0.3) is 0 Å². The van der Waals surface area contributed by atoms with Gasteiger partial charge in [0, 0.05) is 23.8 Å². The minimum absolute atomic E-state index is 0.0431. The molecule has 0 spiro atoms. The van der Waals surface area contributed by atoms with Crippen LogP contribution in [-0.2, 0) is 9.53 Å². The molecule has 2 saturated heterocycles. The largest absolute Gasteiger partial charge is 0.394 e. The number of anilines is 1. The van der Waals surface area contributed by atoms with E-state index < -0.39 is 0 Å². The third-order valence-electron chi connectivity index (χ3n) is 4.59. The van der Waals surface area contributed by atoms with E-state index in [2.05, 4.69) is 4.90 Å². The van der Waals surface area contributed by atoms with E-state index in [0.717, 1.165) is 44.6 Å². The van der Waals surface area contributed by atoms with Crippen molar-refractivity contribution in [3.05, 3.63) is 29.3 Å². The molecule has 1 aromatic rings. The third kappa shape index (κ3) is 3.86. The van der Waals surface area contributed by atoms with Crippen molar-refractivity contribution >= 4 is 23.2 Å². The summed E-state index contributed by atoms with van der Waals surface area (Å²) in [5.74, 6) is 0.148. The summed E-state index contributed by atoms with van der Waals surface area (Å²) in [5.41, 5.74) is 0.870. The zero-order valence-electron chi connectivity index (χ0n) is 13.2. The van der Waals surface area contributed by atoms with Gasteiger partial charge in [-0.25, -0.2) is 0 Å². The Balaban J connectivity index is 1.64. The Morgan fingerprint density at radius 3 is 2.96 bits per heavy atom. The molecule has 0 aromatic heterocycles. The third-order valence-corrected chi connectivity index (χ3v) is 4.83. The maximum Gasteiger partial charge on any atom is 0.244 e. The molecule has 2 atom stereocenters. The average molecular weight is 339 g/mol. The molecule has 2 aliphatic rings. The average Bonchev–Trinajstić information content (AvgIpc) is 2.95. The highest BCUT2D eigenvalue weighted by Gasteiger charge is 2.38. The highest BCUT2D eigenvalue weighted by atomic mass is 35.5. The Morgan fingerprint density at radius 1 is 1.30 bits per heavy atom. The fourth-order valence-electron chi connectivity index (χ4n) is 3.51. The second kappa shape index (κ2) is 7.62. The van der Waals surface area contributed by atoms with Crippen molar-refractivity contribution in [3.8, 4) is 0 Å². The minimum Gasteiger partial charge on any atom is -0.394 e. The van der Waals surface area contributed by atoms with Crippen LogP contribution in [0.3, 0.4) is 0 Å². The number of aliphatic hydroxyl groups is 1. The van der Waals surface area contributed by atoms with Gasteiger partial charge in [-0.05, 0) is 44.0 Å². The normalized spacial score (nSPS) is 26.0. The summed E-state index contributed by atoms with van der Waals surface area (Å²) < 4.78 is 5.65. The monoisotopic (exact) mass is 338 g/mol. The number of carbonyl (C=O) groups is 1. The molecule has 1 amide bonds. The van der Waals surface area contributed by atoms with Gasteiger partial charge in [-0.2, -0.15) is 0 Å². The van der Waals surface area contributed by atoms with Crippen molar-refractivity contribution in [2.75, 3.05) is 37.7 Å². The number of likely N-dealkylation sites (tertiary alicyclic amines) is 1. The van der Waals surface area contributed by atoms with E-state index in [0.29, 0.717) is 11.6 Å². The highest BCUT2D eigenvalue weighted by Crippen LogP contribution is 2.28. The second-order valence-electron chi connectivity index (χ2n) is 6.13. The van der Waals surface area contributed by atoms with Crippen LogP contribution in [-0.4, -0.2) is 60.9 Å². The van der Waals surface area contributed by atoms with E-state index in [1.54, 1.807) is 0 Å². The number of benzene rings is 1. The van der Waals surface area contributed by atoms with Gasteiger partial charge in [-0.3, -0.25) is 9.69 Å². The van der Waals surface area contributed by atoms with Crippen LogP contribution in [0.5, 0.6) is 0 Å². The number of ether oxygens (including phenoxy) is 1. The SMILES string of the molecule is O=C1[C@@H](N2CCC[C@@H](OCCO)C2)CCN1c1cccc(Cl)c1. The van der Waals surface area contributed by atoms with E-state index >= 15 is 0 Å². The van der Waals surface area contributed by atoms with Crippen molar-refractivity contribution in [3.63, 3.8) is 0 Å². The molecule has 0 radical (unpaired) electrons. The molecular formula is C17H23ClN2O3. The predicted molar refractivity (Wildman–Crippen MR) is 89.8 cm³/mol. The van der Waals surface area contributed by atoms with Gasteiger partial charge in [-0.15, -0.1) is 0 Å². The molecule has 0 saturated carbocycles. The fourth-order valence-corrected chi connectivity index (χ4v) is 3.69. The highest BCUT2D eigenvalue weighted by molar-refractivity contribution is 6.30. The van der Waals surface area contributed by atoms with Crippen LogP contribution in [0.4, 0.5) is 5.69 Å². The molecule has 0 bridgehead atoms. The quantitative estimate of drug-likeness (QED) is 0.891. The summed E-state index contributed by atoms with van der Waals surface area (Å²) in [6.45, 7) is 2.83. The zero-order valence-corrected chi connectivity index (χ0v) is 13.9. The number of hydrogen-bond acceptors (Lipinski definition) is 4. The smallest absolute Gasteiger partial charge is 0.244 e. The van der Waals surface area contributed by atoms with Crippen LogP contribution in [0.2, 0.25) is 5.02 Å². The summed E-state index contributed by atoms with van der Waals surface area (Å²) in [4.78, 5) is 16.9. The summed E-state index contributed by atoms with van der Waals surface area (Å²) in [5, 5.41) is 9.54. The maximum atomic E-state index is 12.8. The second-order valence-corrected chi connectivity index (χ2v) is 6.56. The Bertz CT molecular complexity index is 554. The standard InChI is InChI=1S/C17H23ClN2O3/c18-13-3-1-4-14(11-13)20-8-6-16(17(20)22)19-7-2-5-15(12-19)23-10-9-21/h1,3-4,11,15-16,21H,2,5-10,12H2/t15-,16+/m1/s1. The summed E-state index contributed by atoms with van der Waals surface area (Å²) >= 11 is 6.04. The first kappa shape index (κ1) is 16.7. The molecule has 1 N–H and O–H groups in total. The lowest BCUT2D eigenvalue weighted by Gasteiger charge is -2.35. The molecule has 2 aliphatic heterocycles. The van der Waals surface area contributed by atoms with Crippen LogP contribution in [0.15, 0.2) is 24.3 Å². The predicted octanol–water partition coefficient (Wildman–Crippen LogP) is 1.92. The Kier molecular flexibility index (Phi) is 5.54. The molecule has 1 aromatic carbocycles. The number of hydrogen-bond donors (Lipinski definition) is 1. The van der Waals surface area contributed by atoms with Crippen molar-refractivity contribution in [1.82, 2.24) is 4.90 Å². The molecule has 0 unspecified atom stereocenters. The van der Waals surface area contributed by atoms with E-state index in [4.69, 9.17) is 21.4 Å². The summed E-state index contributed by atoms with van der Waals surface area (Å²) in [7, 11) is 0. The topological polar surface area (TPSA) is 53.0 Å². The first-order valence-corrected chi connectivity index (χ1v) is 8.60. The molecule has 23 heavy (non-hydrogen) atoms. The Labute approximate surface area is 141 Å². The van der Waals surface area contributed by atoms with Crippen molar-refractivity contribution < 1.29 is 14.6 Å². The number of amides is 1. The fraction of sp³-hybridized carbons (Fsp3) is 0.588. The lowest BCUT2D eigenvalue weighted by atomic mass is 10.0. The summed E-state index contributed by atoms with van der Waals surface area (Å²) in [6.07, 6.45) is 2.97. The van der Waals surface area contributed by atoms with E-state index in [1.165, 1.54) is 0 Å². The lowest BCUT2D eigenvalue weighted by molar-refractivity contribution is -0.123. The van der Waals surface area contributed by atoms with Crippen molar-refractivity contribution in [2.24, 2.45) is 0 Å². The zero-order chi connectivity index (χ0) is 16.2. The number of nitrogens with zero attached hydrogens (tertiary/aromatic N) is 2. The van der Waals surface area contributed by atoms with E-state index in [1.807, 2.05) is 29.2 Å². The number of piperidine rings is 1. The van der Waals surface area contributed by atoms with Crippen molar-refractivity contribution in [2.45, 2.75) is 31.4 Å². The lowest BCUT2D eigenvalue weighted by Crippen LogP contribution is -2.49. The van der Waals surface area contributed by atoms with Crippen LogP contribution in [0.1, 0.15) is 19.3 Å². The number of halogens is 1. The molecular weight excluding hydrogens is 316 g/mol. The molecule has 3 rings (SSSR count). The molecule has 0 aliphatic carbocycles. The van der Waals surface area contributed by atoms with Gasteiger partial charge in [0.05, 0.1) is 25.4 Å². The minimum atomic E-state index is -0.0745. The Hall–Kier alpha value is -1.14. The van der Waals surface area contributed by atoms with E-state index in [9.17, 15) is 4.79 Å². The maximum absolute atomic E-state index is 12.8. The van der Waals surface area contributed by atoms with Crippen LogP contribution < -0.4 is 4.90 Å². The molecule has 6 heteroatoms. The van der Waals surface area contributed by atoms with Gasteiger partial charge >= 0.3 is 0 Å². The van der Waals surface area contributed by atoms with Gasteiger partial charge in [0.25, 0.3) is 0 Å². The van der Waals surface area contributed by atoms with Crippen LogP contribution in [0, 0.1) is 0 Å². The van der Waals surface area contributed by atoms with Crippen LogP contribution >= 0.6 is 11.6 Å². The van der Waals surface area contributed by atoms with Crippen molar-refractivity contribution in [1.29, 1.82) is 0 Å². The number of aliphatic hydroxyl groups excluding tert-OH is 1. The first-order valence-electron chi connectivity index (χ1n) is 8.22. The number of carbonyl (C=O) groups excluding carboxylic acids is 1. The molecule has 126 valence electrons. The van der Waals surface area contributed by atoms with Gasteiger partial charge in [0.2, 0.25) is 5.91 Å². The first-order chi connectivity index (χ1) is 11.2. The molecule has 5 nitrogen and oxygen atoms in total. The van der Waals surface area contributed by atoms with Gasteiger partial charge < -0.3 is 14.7 Å². The van der Waals surface area contributed by atoms with E-state index in [-0.39, 0.29) is 24.7 Å². The molecule has 2 heterocycles. The van der Waals surface area contributed by atoms with Gasteiger partial charge in [-0.1, -0.05) is 17.7 Å².